The van der Waals surface area contributed by atoms with E-state index >= 15 is 0 Å². The second-order valence-corrected chi connectivity index (χ2v) is 6.16. The van der Waals surface area contributed by atoms with Gasteiger partial charge >= 0.3 is 0 Å². The maximum absolute atomic E-state index is 12.2. The lowest BCUT2D eigenvalue weighted by Gasteiger charge is -2.04. The van der Waals surface area contributed by atoms with E-state index in [1.807, 2.05) is 36.7 Å². The number of hydrogen-bond acceptors (Lipinski definition) is 4. The number of hydrazone groups is 1. The first-order chi connectivity index (χ1) is 13.1. The molecule has 0 aliphatic heterocycles. The Hall–Kier alpha value is -3.41. The zero-order chi connectivity index (χ0) is 19.2. The number of ether oxygens (including phenoxy) is 1. The highest BCUT2D eigenvalue weighted by atomic mass is 16.5. The molecule has 0 saturated carbocycles. The highest BCUT2D eigenvalue weighted by molar-refractivity contribution is 5.95. The number of amides is 1. The number of carbonyl (C=O) groups excluding carboxylic acids is 1. The molecule has 0 bridgehead atoms. The fourth-order valence-electron chi connectivity index (χ4n) is 2.77. The molecule has 0 atom stereocenters. The summed E-state index contributed by atoms with van der Waals surface area (Å²) in [5, 5.41) is 8.67. The van der Waals surface area contributed by atoms with Crippen molar-refractivity contribution in [3.63, 3.8) is 0 Å². The normalized spacial score (nSPS) is 10.9. The number of carbonyl (C=O) groups is 1. The molecule has 0 unspecified atom stereocenters. The van der Waals surface area contributed by atoms with E-state index in [9.17, 15) is 4.79 Å². The summed E-state index contributed by atoms with van der Waals surface area (Å²) >= 11 is 0. The van der Waals surface area contributed by atoms with Gasteiger partial charge in [0.25, 0.3) is 5.91 Å². The van der Waals surface area contributed by atoms with Crippen LogP contribution in [-0.4, -0.2) is 29.0 Å². The molecular formula is C21H22N4O2. The minimum Gasteiger partial charge on any atom is -0.497 e. The molecule has 1 N–H and O–H groups in total. The minimum absolute atomic E-state index is 0.277. The van der Waals surface area contributed by atoms with Crippen LogP contribution in [0.25, 0.3) is 0 Å². The Balaban J connectivity index is 1.68. The van der Waals surface area contributed by atoms with Crippen molar-refractivity contribution in [3.05, 3.63) is 82.7 Å². The lowest BCUT2D eigenvalue weighted by Crippen LogP contribution is -2.17. The number of benzene rings is 2. The average Bonchev–Trinajstić information content (AvgIpc) is 2.96. The number of methoxy groups -OCH3 is 1. The molecule has 0 spiro atoms. The summed E-state index contributed by atoms with van der Waals surface area (Å²) in [6.45, 7) is 4.62. The van der Waals surface area contributed by atoms with Crippen LogP contribution in [0.15, 0.2) is 59.7 Å². The second-order valence-electron chi connectivity index (χ2n) is 6.16. The van der Waals surface area contributed by atoms with Crippen molar-refractivity contribution in [1.29, 1.82) is 0 Å². The lowest BCUT2D eigenvalue weighted by atomic mass is 10.2. The fourth-order valence-corrected chi connectivity index (χ4v) is 2.77. The highest BCUT2D eigenvalue weighted by Crippen LogP contribution is 2.13. The summed E-state index contributed by atoms with van der Waals surface area (Å²) in [6.07, 6.45) is 1.64. The summed E-state index contributed by atoms with van der Waals surface area (Å²) in [6, 6.07) is 17.0. The largest absolute Gasteiger partial charge is 0.497 e. The maximum atomic E-state index is 12.2. The molecule has 0 aliphatic carbocycles. The predicted molar refractivity (Wildman–Crippen MR) is 105 cm³/mol. The first kappa shape index (κ1) is 18.4. The van der Waals surface area contributed by atoms with E-state index in [-0.39, 0.29) is 5.91 Å². The first-order valence-electron chi connectivity index (χ1n) is 8.64. The molecule has 138 valence electrons. The Morgan fingerprint density at radius 1 is 1.15 bits per heavy atom. The van der Waals surface area contributed by atoms with E-state index in [2.05, 4.69) is 27.8 Å². The molecule has 27 heavy (non-hydrogen) atoms. The van der Waals surface area contributed by atoms with E-state index in [1.165, 1.54) is 5.56 Å². The van der Waals surface area contributed by atoms with Crippen LogP contribution in [-0.2, 0) is 6.54 Å². The molecular weight excluding hydrogens is 340 g/mol. The second kappa shape index (κ2) is 8.31. The van der Waals surface area contributed by atoms with Crippen molar-refractivity contribution in [2.24, 2.45) is 5.10 Å². The van der Waals surface area contributed by atoms with Crippen LogP contribution in [0.4, 0.5) is 0 Å². The average molecular weight is 362 g/mol. The first-order valence-corrected chi connectivity index (χ1v) is 8.64. The molecule has 0 aliphatic rings. The quantitative estimate of drug-likeness (QED) is 0.540. The SMILES string of the molecule is COc1ccc(C(=O)N/N=C/c2c(C)nn(Cc3ccccc3)c2C)cc1. The zero-order valence-corrected chi connectivity index (χ0v) is 15.6. The smallest absolute Gasteiger partial charge is 0.271 e. The van der Waals surface area contributed by atoms with Crippen molar-refractivity contribution >= 4 is 12.1 Å². The number of nitrogens with one attached hydrogen (secondary N) is 1. The maximum Gasteiger partial charge on any atom is 0.271 e. The highest BCUT2D eigenvalue weighted by Gasteiger charge is 2.10. The Kier molecular flexibility index (Phi) is 5.66. The van der Waals surface area contributed by atoms with Gasteiger partial charge in [0.2, 0.25) is 0 Å². The van der Waals surface area contributed by atoms with Gasteiger partial charge in [-0.05, 0) is 43.7 Å². The number of nitrogens with zero attached hydrogens (tertiary/aromatic N) is 3. The fraction of sp³-hybridized carbons (Fsp3) is 0.190. The van der Waals surface area contributed by atoms with Crippen LogP contribution < -0.4 is 10.2 Å². The van der Waals surface area contributed by atoms with Gasteiger partial charge in [-0.3, -0.25) is 9.48 Å². The van der Waals surface area contributed by atoms with E-state index in [1.54, 1.807) is 37.6 Å². The molecule has 2 aromatic carbocycles. The van der Waals surface area contributed by atoms with Crippen molar-refractivity contribution < 1.29 is 9.53 Å². The van der Waals surface area contributed by atoms with Crippen molar-refractivity contribution in [3.8, 4) is 5.75 Å². The molecule has 3 aromatic rings. The molecule has 6 heteroatoms. The van der Waals surface area contributed by atoms with Gasteiger partial charge in [0.15, 0.2) is 0 Å². The Bertz CT molecular complexity index is 944. The summed E-state index contributed by atoms with van der Waals surface area (Å²) in [4.78, 5) is 12.2. The summed E-state index contributed by atoms with van der Waals surface area (Å²) in [7, 11) is 1.59. The van der Waals surface area contributed by atoms with Gasteiger partial charge in [-0.25, -0.2) is 5.43 Å². The summed E-state index contributed by atoms with van der Waals surface area (Å²) < 4.78 is 7.03. The molecule has 0 radical (unpaired) electrons. The van der Waals surface area contributed by atoms with Crippen LogP contribution in [0.5, 0.6) is 5.75 Å². The molecule has 6 nitrogen and oxygen atoms in total. The number of aromatic nitrogens is 2. The molecule has 1 amide bonds. The van der Waals surface area contributed by atoms with Gasteiger partial charge in [-0.15, -0.1) is 0 Å². The Labute approximate surface area is 158 Å². The summed E-state index contributed by atoms with van der Waals surface area (Å²) in [5.41, 5.74) is 7.02. The van der Waals surface area contributed by atoms with Gasteiger partial charge in [0.1, 0.15) is 5.75 Å². The third-order valence-corrected chi connectivity index (χ3v) is 4.32. The van der Waals surface area contributed by atoms with Gasteiger partial charge in [0.05, 0.1) is 25.6 Å². The van der Waals surface area contributed by atoms with Crippen molar-refractivity contribution in [2.75, 3.05) is 7.11 Å². The van der Waals surface area contributed by atoms with E-state index in [0.717, 1.165) is 17.0 Å². The Morgan fingerprint density at radius 3 is 2.52 bits per heavy atom. The standard InChI is InChI=1S/C21H22N4O2/c1-15-20(16(2)25(24-15)14-17-7-5-4-6-8-17)13-22-23-21(26)18-9-11-19(27-3)12-10-18/h4-13H,14H2,1-3H3,(H,23,26)/b22-13+. The van der Waals surface area contributed by atoms with Crippen LogP contribution in [0, 0.1) is 13.8 Å². The predicted octanol–water partition coefficient (Wildman–Crippen LogP) is 3.32. The molecule has 1 aromatic heterocycles. The monoisotopic (exact) mass is 362 g/mol. The molecule has 3 rings (SSSR count). The van der Waals surface area contributed by atoms with E-state index in [4.69, 9.17) is 4.74 Å². The molecule has 1 heterocycles. The van der Waals surface area contributed by atoms with Crippen molar-refractivity contribution in [2.45, 2.75) is 20.4 Å². The van der Waals surface area contributed by atoms with Crippen LogP contribution in [0.3, 0.4) is 0 Å². The number of hydrogen-bond donors (Lipinski definition) is 1. The van der Waals surface area contributed by atoms with E-state index < -0.39 is 0 Å². The van der Waals surface area contributed by atoms with Crippen LogP contribution >= 0.6 is 0 Å². The topological polar surface area (TPSA) is 68.5 Å². The van der Waals surface area contributed by atoms with Gasteiger partial charge in [-0.1, -0.05) is 30.3 Å². The molecule has 0 saturated heterocycles. The summed E-state index contributed by atoms with van der Waals surface area (Å²) in [5.74, 6) is 0.424. The van der Waals surface area contributed by atoms with Gasteiger partial charge < -0.3 is 4.74 Å². The third-order valence-electron chi connectivity index (χ3n) is 4.32. The van der Waals surface area contributed by atoms with Gasteiger partial charge in [0, 0.05) is 16.8 Å². The lowest BCUT2D eigenvalue weighted by molar-refractivity contribution is 0.0955. The number of rotatable bonds is 6. The number of aryl methyl sites for hydroxylation is 1. The minimum atomic E-state index is -0.277. The van der Waals surface area contributed by atoms with Crippen LogP contribution in [0.1, 0.15) is 32.9 Å². The Morgan fingerprint density at radius 2 is 1.85 bits per heavy atom. The third kappa shape index (κ3) is 4.41. The van der Waals surface area contributed by atoms with Crippen LogP contribution in [0.2, 0.25) is 0 Å². The van der Waals surface area contributed by atoms with Gasteiger partial charge in [-0.2, -0.15) is 10.2 Å². The molecule has 0 fully saturated rings. The van der Waals surface area contributed by atoms with E-state index in [0.29, 0.717) is 17.9 Å². The zero-order valence-electron chi connectivity index (χ0n) is 15.6. The van der Waals surface area contributed by atoms with Crippen molar-refractivity contribution in [1.82, 2.24) is 15.2 Å².